The molecule has 0 aromatic carbocycles. The number of carbonyl (C=O) groups is 2. The third kappa shape index (κ3) is 3.21. The van der Waals surface area contributed by atoms with Crippen LogP contribution in [-0.2, 0) is 4.79 Å². The SMILES string of the molecule is CC1(O)CCCN(C(=O)N2C[C@@H](O)C[C@H]2C(=O)O)CC1. The predicted molar refractivity (Wildman–Crippen MR) is 70.2 cm³/mol. The molecular weight excluding hydrogens is 264 g/mol. The first-order valence-electron chi connectivity index (χ1n) is 6.99. The van der Waals surface area contributed by atoms with Gasteiger partial charge < -0.3 is 25.1 Å². The Morgan fingerprint density at radius 2 is 1.95 bits per heavy atom. The van der Waals surface area contributed by atoms with E-state index in [2.05, 4.69) is 0 Å². The maximum atomic E-state index is 12.4. The number of aliphatic hydroxyl groups excluding tert-OH is 1. The van der Waals surface area contributed by atoms with Crippen LogP contribution >= 0.6 is 0 Å². The van der Waals surface area contributed by atoms with Crippen molar-refractivity contribution in [2.24, 2.45) is 0 Å². The topological polar surface area (TPSA) is 101 Å². The average Bonchev–Trinajstić information content (AvgIpc) is 2.65. The van der Waals surface area contributed by atoms with E-state index in [1.807, 2.05) is 0 Å². The quantitative estimate of drug-likeness (QED) is 0.623. The van der Waals surface area contributed by atoms with Gasteiger partial charge >= 0.3 is 12.0 Å². The molecule has 0 aliphatic carbocycles. The minimum Gasteiger partial charge on any atom is -0.480 e. The number of hydrogen-bond acceptors (Lipinski definition) is 4. The third-order valence-electron chi connectivity index (χ3n) is 4.14. The Hall–Kier alpha value is -1.34. The summed E-state index contributed by atoms with van der Waals surface area (Å²) in [6, 6.07) is -1.31. The van der Waals surface area contributed by atoms with Crippen molar-refractivity contribution in [2.45, 2.75) is 50.4 Å². The summed E-state index contributed by atoms with van der Waals surface area (Å²) in [5.74, 6) is -1.09. The highest BCUT2D eigenvalue weighted by Crippen LogP contribution is 2.25. The molecule has 0 spiro atoms. The van der Waals surface area contributed by atoms with Crippen molar-refractivity contribution < 1.29 is 24.9 Å². The molecule has 0 aromatic heterocycles. The summed E-state index contributed by atoms with van der Waals surface area (Å²) in [7, 11) is 0. The number of amides is 2. The van der Waals surface area contributed by atoms with Crippen molar-refractivity contribution in [2.75, 3.05) is 19.6 Å². The van der Waals surface area contributed by atoms with E-state index >= 15 is 0 Å². The maximum Gasteiger partial charge on any atom is 0.326 e. The zero-order valence-electron chi connectivity index (χ0n) is 11.7. The molecule has 0 radical (unpaired) electrons. The lowest BCUT2D eigenvalue weighted by Crippen LogP contribution is -2.48. The highest BCUT2D eigenvalue weighted by atomic mass is 16.4. The molecule has 2 saturated heterocycles. The van der Waals surface area contributed by atoms with Gasteiger partial charge in [-0.1, -0.05) is 0 Å². The monoisotopic (exact) mass is 286 g/mol. The number of nitrogens with zero attached hydrogens (tertiary/aromatic N) is 2. The first kappa shape index (κ1) is 15.1. The molecule has 0 aromatic rings. The lowest BCUT2D eigenvalue weighted by molar-refractivity contribution is -0.141. The van der Waals surface area contributed by atoms with Crippen LogP contribution in [0.4, 0.5) is 4.79 Å². The molecule has 1 unspecified atom stereocenters. The molecule has 2 heterocycles. The van der Waals surface area contributed by atoms with Crippen LogP contribution in [-0.4, -0.2) is 74.5 Å². The molecule has 114 valence electrons. The summed E-state index contributed by atoms with van der Waals surface area (Å²) in [4.78, 5) is 26.4. The maximum absolute atomic E-state index is 12.4. The van der Waals surface area contributed by atoms with Crippen LogP contribution in [0.25, 0.3) is 0 Å². The fourth-order valence-corrected chi connectivity index (χ4v) is 2.90. The molecule has 20 heavy (non-hydrogen) atoms. The van der Waals surface area contributed by atoms with Crippen LogP contribution in [0.5, 0.6) is 0 Å². The predicted octanol–water partition coefficient (Wildman–Crippen LogP) is -0.137. The van der Waals surface area contributed by atoms with Crippen molar-refractivity contribution in [3.63, 3.8) is 0 Å². The number of aliphatic carboxylic acids is 1. The Balaban J connectivity index is 2.05. The summed E-state index contributed by atoms with van der Waals surface area (Å²) >= 11 is 0. The Bertz CT molecular complexity index is 398. The number of carboxylic acid groups (broad SMARTS) is 1. The second kappa shape index (κ2) is 5.57. The van der Waals surface area contributed by atoms with Gasteiger partial charge in [-0.2, -0.15) is 0 Å². The Kier molecular flexibility index (Phi) is 4.19. The number of hydrogen-bond donors (Lipinski definition) is 3. The van der Waals surface area contributed by atoms with Gasteiger partial charge in [0.2, 0.25) is 0 Å². The molecule has 7 nitrogen and oxygen atoms in total. The number of carboxylic acids is 1. The molecule has 3 atom stereocenters. The standard InChI is InChI=1S/C13H22N2O5/c1-13(20)3-2-5-14(6-4-13)12(19)15-8-9(16)7-10(15)11(17)18/h9-10,16,20H,2-8H2,1H3,(H,17,18)/t9-,10-,13?/m0/s1. The molecule has 7 heteroatoms. The molecule has 2 amide bonds. The number of carbonyl (C=O) groups excluding carboxylic acids is 1. The average molecular weight is 286 g/mol. The van der Waals surface area contributed by atoms with Crippen LogP contribution in [0.15, 0.2) is 0 Å². The molecule has 2 aliphatic rings. The smallest absolute Gasteiger partial charge is 0.326 e. The summed E-state index contributed by atoms with van der Waals surface area (Å²) < 4.78 is 0. The van der Waals surface area contributed by atoms with Gasteiger partial charge in [-0.15, -0.1) is 0 Å². The van der Waals surface area contributed by atoms with Crippen LogP contribution in [0, 0.1) is 0 Å². The van der Waals surface area contributed by atoms with Crippen molar-refractivity contribution in [1.29, 1.82) is 0 Å². The summed E-state index contributed by atoms with van der Waals surface area (Å²) in [5, 5.41) is 28.7. The zero-order valence-corrected chi connectivity index (χ0v) is 11.7. The van der Waals surface area contributed by atoms with Gasteiger partial charge in [-0.25, -0.2) is 9.59 Å². The number of likely N-dealkylation sites (tertiary alicyclic amines) is 2. The largest absolute Gasteiger partial charge is 0.480 e. The van der Waals surface area contributed by atoms with E-state index in [-0.39, 0.29) is 19.0 Å². The third-order valence-corrected chi connectivity index (χ3v) is 4.14. The normalized spacial score (nSPS) is 35.0. The van der Waals surface area contributed by atoms with Gasteiger partial charge in [0, 0.05) is 26.1 Å². The van der Waals surface area contributed by atoms with E-state index in [1.165, 1.54) is 4.90 Å². The van der Waals surface area contributed by atoms with Gasteiger partial charge in [-0.05, 0) is 26.2 Å². The minimum atomic E-state index is -1.09. The molecule has 2 rings (SSSR count). The molecule has 2 fully saturated rings. The van der Waals surface area contributed by atoms with E-state index in [9.17, 15) is 19.8 Å². The Morgan fingerprint density at radius 1 is 1.25 bits per heavy atom. The molecule has 0 bridgehead atoms. The van der Waals surface area contributed by atoms with Gasteiger partial charge in [0.1, 0.15) is 6.04 Å². The zero-order chi connectivity index (χ0) is 14.9. The minimum absolute atomic E-state index is 0.0582. The van der Waals surface area contributed by atoms with Crippen LogP contribution in [0.3, 0.4) is 0 Å². The molecule has 2 aliphatic heterocycles. The van der Waals surface area contributed by atoms with Crippen molar-refractivity contribution >= 4 is 12.0 Å². The summed E-state index contributed by atoms with van der Waals surface area (Å²) in [5.41, 5.74) is -0.772. The Labute approximate surface area is 117 Å². The van der Waals surface area contributed by atoms with E-state index in [1.54, 1.807) is 11.8 Å². The van der Waals surface area contributed by atoms with Crippen LogP contribution in [0.2, 0.25) is 0 Å². The summed E-state index contributed by atoms with van der Waals surface area (Å²) in [6.45, 7) is 2.72. The van der Waals surface area contributed by atoms with Gasteiger partial charge in [0.25, 0.3) is 0 Å². The van der Waals surface area contributed by atoms with E-state index < -0.39 is 23.7 Å². The fraction of sp³-hybridized carbons (Fsp3) is 0.846. The Morgan fingerprint density at radius 3 is 2.60 bits per heavy atom. The van der Waals surface area contributed by atoms with Gasteiger partial charge in [0.05, 0.1) is 11.7 Å². The molecule has 0 saturated carbocycles. The highest BCUT2D eigenvalue weighted by molar-refractivity contribution is 5.83. The first-order chi connectivity index (χ1) is 9.30. The molecular formula is C13H22N2O5. The van der Waals surface area contributed by atoms with Crippen molar-refractivity contribution in [1.82, 2.24) is 9.80 Å². The van der Waals surface area contributed by atoms with Crippen molar-refractivity contribution in [3.05, 3.63) is 0 Å². The lowest BCUT2D eigenvalue weighted by atomic mass is 9.98. The van der Waals surface area contributed by atoms with Gasteiger partial charge in [-0.3, -0.25) is 0 Å². The van der Waals surface area contributed by atoms with Crippen LogP contribution < -0.4 is 0 Å². The number of urea groups is 1. The highest BCUT2D eigenvalue weighted by Gasteiger charge is 2.41. The van der Waals surface area contributed by atoms with E-state index in [0.717, 1.165) is 0 Å². The van der Waals surface area contributed by atoms with E-state index in [4.69, 9.17) is 5.11 Å². The molecule has 3 N–H and O–H groups in total. The second-order valence-electron chi connectivity index (χ2n) is 6.02. The first-order valence-corrected chi connectivity index (χ1v) is 6.99. The van der Waals surface area contributed by atoms with Crippen LogP contribution in [0.1, 0.15) is 32.6 Å². The van der Waals surface area contributed by atoms with Crippen molar-refractivity contribution in [3.8, 4) is 0 Å². The van der Waals surface area contributed by atoms with Gasteiger partial charge in [0.15, 0.2) is 0 Å². The fourth-order valence-electron chi connectivity index (χ4n) is 2.90. The van der Waals surface area contributed by atoms with E-state index in [0.29, 0.717) is 32.4 Å². The number of β-amino-alcohol motifs (C(OH)–C–C–N with tert-alkyl or cyclic N) is 1. The number of aliphatic hydroxyl groups is 2. The number of rotatable bonds is 1. The lowest BCUT2D eigenvalue weighted by Gasteiger charge is -2.29. The summed E-state index contributed by atoms with van der Waals surface area (Å²) in [6.07, 6.45) is 1.09. The second-order valence-corrected chi connectivity index (χ2v) is 6.02.